The van der Waals surface area contributed by atoms with Crippen LogP contribution in [0.15, 0.2) is 30.9 Å². The van der Waals surface area contributed by atoms with Gasteiger partial charge < -0.3 is 28.7 Å². The molecule has 5 rings (SSSR count). The van der Waals surface area contributed by atoms with Gasteiger partial charge in [-0.25, -0.2) is 0 Å². The molecule has 0 radical (unpaired) electrons. The topological polar surface area (TPSA) is 90.4 Å². The van der Waals surface area contributed by atoms with E-state index < -0.39 is 31.6 Å². The van der Waals surface area contributed by atoms with Crippen LogP contribution in [0.2, 0.25) is 18.6 Å². The zero-order chi connectivity index (χ0) is 27.4. The summed E-state index contributed by atoms with van der Waals surface area (Å²) in [5.41, 5.74) is -0.0582. The van der Waals surface area contributed by atoms with Crippen LogP contribution in [0.25, 0.3) is 0 Å². The largest absolute Gasteiger partial charge is 0.394 e. The Labute approximate surface area is 224 Å². The van der Waals surface area contributed by atoms with E-state index in [-0.39, 0.29) is 43.3 Å². The zero-order valence-corrected chi connectivity index (χ0v) is 23.5. The monoisotopic (exact) mass is 543 g/mol. The van der Waals surface area contributed by atoms with Crippen LogP contribution in [-0.4, -0.2) is 74.5 Å². The van der Waals surface area contributed by atoms with Gasteiger partial charge in [-0.2, -0.15) is 0 Å². The van der Waals surface area contributed by atoms with Crippen molar-refractivity contribution in [3.05, 3.63) is 36.4 Å². The van der Waals surface area contributed by atoms with Crippen LogP contribution in [0.1, 0.15) is 44.6 Å². The molecule has 4 aliphatic heterocycles. The number of fused-ring (bicyclic) bond motifs is 2. The van der Waals surface area contributed by atoms with Crippen LogP contribution >= 0.6 is 0 Å². The molecule has 0 unspecified atom stereocenters. The minimum Gasteiger partial charge on any atom is -0.394 e. The van der Waals surface area contributed by atoms with Crippen LogP contribution in [-0.2, 0) is 24.7 Å². The molecule has 4 aliphatic rings. The van der Waals surface area contributed by atoms with Gasteiger partial charge in [0.25, 0.3) is 5.91 Å². The predicted molar refractivity (Wildman–Crippen MR) is 145 cm³/mol. The Kier molecular flexibility index (Phi) is 7.02. The molecule has 1 N–H and O–H groups in total. The van der Waals surface area contributed by atoms with Gasteiger partial charge in [-0.1, -0.05) is 13.0 Å². The van der Waals surface area contributed by atoms with Gasteiger partial charge in [0.05, 0.1) is 30.9 Å². The third-order valence-electron chi connectivity index (χ3n) is 8.93. The quantitative estimate of drug-likeness (QED) is 0.323. The van der Waals surface area contributed by atoms with Gasteiger partial charge in [0.15, 0.2) is 5.60 Å². The van der Waals surface area contributed by atoms with Crippen LogP contribution in [0.3, 0.4) is 0 Å². The summed E-state index contributed by atoms with van der Waals surface area (Å²) in [5, 5.41) is 9.73. The Bertz CT molecular complexity index is 1160. The van der Waals surface area contributed by atoms with E-state index in [1.165, 1.54) is 0 Å². The summed E-state index contributed by atoms with van der Waals surface area (Å²) in [4.78, 5) is 45.1. The van der Waals surface area contributed by atoms with E-state index in [4.69, 9.17) is 4.74 Å². The Morgan fingerprint density at radius 2 is 2.05 bits per heavy atom. The average Bonchev–Trinajstić information content (AvgIpc) is 3.62. The number of halogens is 1. The van der Waals surface area contributed by atoms with Crippen molar-refractivity contribution < 1.29 is 28.3 Å². The van der Waals surface area contributed by atoms with Crippen LogP contribution < -0.4 is 9.80 Å². The fourth-order valence-corrected chi connectivity index (χ4v) is 9.77. The Hall–Kier alpha value is -2.56. The summed E-state index contributed by atoms with van der Waals surface area (Å²) in [6, 6.07) is 5.30. The number of ether oxygens (including phenoxy) is 1. The highest BCUT2D eigenvalue weighted by Crippen LogP contribution is 2.60. The number of likely N-dealkylation sites (tertiary alicyclic amines) is 1. The lowest BCUT2D eigenvalue weighted by Gasteiger charge is -2.31. The molecule has 1 aromatic rings. The molecule has 8 nitrogen and oxygen atoms in total. The minimum absolute atomic E-state index is 0.0364. The van der Waals surface area contributed by atoms with Crippen molar-refractivity contribution in [3.63, 3.8) is 0 Å². The normalized spacial score (nSPS) is 31.1. The lowest BCUT2D eigenvalue weighted by atomic mass is 9.82. The van der Waals surface area contributed by atoms with Gasteiger partial charge in [0.2, 0.25) is 20.2 Å². The number of rotatable bonds is 7. The molecule has 1 spiro atoms. The van der Waals surface area contributed by atoms with Gasteiger partial charge in [0, 0.05) is 48.8 Å². The highest BCUT2D eigenvalue weighted by Gasteiger charge is 2.67. The molecule has 0 saturated carbocycles. The van der Waals surface area contributed by atoms with Crippen LogP contribution in [0.4, 0.5) is 15.5 Å². The molecule has 4 heterocycles. The van der Waals surface area contributed by atoms with E-state index in [0.29, 0.717) is 36.4 Å². The van der Waals surface area contributed by atoms with E-state index >= 15 is 4.11 Å². The number of carbonyl (C=O) groups is 3. The van der Waals surface area contributed by atoms with Gasteiger partial charge in [0.1, 0.15) is 0 Å². The molecule has 3 amide bonds. The average molecular weight is 544 g/mol. The predicted octanol–water partition coefficient (Wildman–Crippen LogP) is 3.49. The second kappa shape index (κ2) is 9.88. The van der Waals surface area contributed by atoms with Crippen molar-refractivity contribution in [2.75, 3.05) is 36.0 Å². The summed E-state index contributed by atoms with van der Waals surface area (Å²) < 4.78 is 22.7. The van der Waals surface area contributed by atoms with Gasteiger partial charge >= 0.3 is 0 Å². The SMILES string of the molecule is C=CCN1C(=O)[C@@]2(O[C@@H](CC(=O)N3CCC[C@H]3CO)[C@H]([Si](C)(C)F)[C@H]2C)c2cc(N3CCCC3=O)ccc21. The Balaban J connectivity index is 1.57. The van der Waals surface area contributed by atoms with E-state index in [9.17, 15) is 19.5 Å². The Morgan fingerprint density at radius 3 is 2.68 bits per heavy atom. The smallest absolute Gasteiger partial charge is 0.264 e. The number of hydrogen-bond donors (Lipinski definition) is 1. The standard InChI is InChI=1S/C28H38FN3O5Si/c1-5-12-32-22-11-10-19(30-14-7-9-24(30)34)15-21(22)28(27(32)36)18(2)26(38(3,4)29)23(37-28)16-25(35)31-13-6-8-20(31)17-33/h5,10-11,15,18,20,23,26,33H,1,6-9,12-14,16-17H2,2-4H3/t18-,20+,23+,26-,28+/m1/s1. The van der Waals surface area contributed by atoms with Crippen LogP contribution in [0.5, 0.6) is 0 Å². The zero-order valence-electron chi connectivity index (χ0n) is 22.5. The van der Waals surface area contributed by atoms with E-state index in [0.717, 1.165) is 19.3 Å². The highest BCUT2D eigenvalue weighted by molar-refractivity contribution is 6.72. The number of amides is 3. The van der Waals surface area contributed by atoms with Crippen molar-refractivity contribution in [2.24, 2.45) is 5.92 Å². The van der Waals surface area contributed by atoms with Crippen molar-refractivity contribution in [1.29, 1.82) is 0 Å². The molecule has 1 aromatic carbocycles. The lowest BCUT2D eigenvalue weighted by molar-refractivity contribution is -0.149. The van der Waals surface area contributed by atoms with Crippen molar-refractivity contribution in [2.45, 2.75) is 75.4 Å². The summed E-state index contributed by atoms with van der Waals surface area (Å²) in [7, 11) is -3.42. The van der Waals surface area contributed by atoms with Crippen LogP contribution in [0, 0.1) is 5.92 Å². The fraction of sp³-hybridized carbons (Fsp3) is 0.607. The molecule has 0 aromatic heterocycles. The second-order valence-corrected chi connectivity index (χ2v) is 15.4. The van der Waals surface area contributed by atoms with E-state index in [2.05, 4.69) is 6.58 Å². The van der Waals surface area contributed by atoms with Crippen molar-refractivity contribution in [3.8, 4) is 0 Å². The third kappa shape index (κ3) is 4.12. The number of aliphatic hydroxyl groups excluding tert-OH is 1. The summed E-state index contributed by atoms with van der Waals surface area (Å²) in [6.45, 7) is 10.2. The first kappa shape index (κ1) is 27.0. The molecule has 206 valence electrons. The number of nitrogens with zero attached hydrogens (tertiary/aromatic N) is 3. The molecular formula is C28H38FN3O5Si. The molecular weight excluding hydrogens is 505 g/mol. The third-order valence-corrected chi connectivity index (χ3v) is 11.4. The summed E-state index contributed by atoms with van der Waals surface area (Å²) in [6.07, 6.45) is 3.64. The minimum atomic E-state index is -3.42. The number of carbonyl (C=O) groups excluding carboxylic acids is 3. The first-order chi connectivity index (χ1) is 18.0. The maximum atomic E-state index is 16.0. The molecule has 10 heteroatoms. The number of anilines is 2. The summed E-state index contributed by atoms with van der Waals surface area (Å²) >= 11 is 0. The van der Waals surface area contributed by atoms with Crippen molar-refractivity contribution in [1.82, 2.24) is 4.90 Å². The second-order valence-electron chi connectivity index (χ2n) is 11.6. The lowest BCUT2D eigenvalue weighted by Crippen LogP contribution is -2.45. The first-order valence-corrected chi connectivity index (χ1v) is 16.6. The molecule has 5 atom stereocenters. The molecule has 38 heavy (non-hydrogen) atoms. The highest BCUT2D eigenvalue weighted by atomic mass is 28.4. The molecule has 3 fully saturated rings. The molecule has 0 bridgehead atoms. The number of aliphatic hydroxyl groups is 1. The van der Waals surface area contributed by atoms with Gasteiger partial charge in [-0.15, -0.1) is 6.58 Å². The first-order valence-electron chi connectivity index (χ1n) is 13.7. The summed E-state index contributed by atoms with van der Waals surface area (Å²) in [5.74, 6) is -0.944. The maximum absolute atomic E-state index is 16.0. The fourth-order valence-electron chi connectivity index (χ4n) is 7.28. The number of benzene rings is 1. The van der Waals surface area contributed by atoms with Gasteiger partial charge in [-0.05, 0) is 50.6 Å². The molecule has 3 saturated heterocycles. The maximum Gasteiger partial charge on any atom is 0.264 e. The van der Waals surface area contributed by atoms with Crippen molar-refractivity contribution >= 4 is 37.5 Å². The van der Waals surface area contributed by atoms with E-state index in [1.807, 2.05) is 25.1 Å². The van der Waals surface area contributed by atoms with E-state index in [1.54, 1.807) is 33.9 Å². The Morgan fingerprint density at radius 1 is 1.29 bits per heavy atom. The van der Waals surface area contributed by atoms with Gasteiger partial charge in [-0.3, -0.25) is 14.4 Å². The number of hydrogen-bond acceptors (Lipinski definition) is 5. The molecule has 0 aliphatic carbocycles.